The lowest BCUT2D eigenvalue weighted by atomic mass is 10.0. The number of nitrogens with two attached hydrogens (primary N) is 1. The number of fused-ring (bicyclic) bond motifs is 1. The van der Waals surface area contributed by atoms with Crippen molar-refractivity contribution >= 4 is 38.3 Å². The number of para-hydroxylation sites is 1. The first-order chi connectivity index (χ1) is 16.9. The van der Waals surface area contributed by atoms with Crippen molar-refractivity contribution in [2.24, 2.45) is 5.73 Å². The van der Waals surface area contributed by atoms with E-state index in [0.29, 0.717) is 49.2 Å². The van der Waals surface area contributed by atoms with E-state index in [1.807, 2.05) is 28.9 Å². The molecule has 182 valence electrons. The van der Waals surface area contributed by atoms with Gasteiger partial charge in [0.05, 0.1) is 18.7 Å². The van der Waals surface area contributed by atoms with Crippen molar-refractivity contribution in [2.45, 2.75) is 29.5 Å². The molecular formula is C24H25N5O4S2. The minimum Gasteiger partial charge on any atom is -0.496 e. The molecule has 0 spiro atoms. The Kier molecular flexibility index (Phi) is 6.30. The van der Waals surface area contributed by atoms with E-state index in [4.69, 9.17) is 10.5 Å². The van der Waals surface area contributed by atoms with E-state index in [-0.39, 0.29) is 10.3 Å². The molecule has 1 amide bonds. The monoisotopic (exact) mass is 511 g/mol. The van der Waals surface area contributed by atoms with Crippen LogP contribution in [0, 0.1) is 0 Å². The Morgan fingerprint density at radius 3 is 2.63 bits per heavy atom. The molecule has 9 nitrogen and oxygen atoms in total. The van der Waals surface area contributed by atoms with Crippen molar-refractivity contribution in [3.8, 4) is 5.75 Å². The Morgan fingerprint density at radius 1 is 1.11 bits per heavy atom. The van der Waals surface area contributed by atoms with E-state index < -0.39 is 15.9 Å². The van der Waals surface area contributed by atoms with Gasteiger partial charge in [-0.05, 0) is 49.2 Å². The number of rotatable bonds is 7. The zero-order chi connectivity index (χ0) is 24.6. The second kappa shape index (κ2) is 9.40. The zero-order valence-corrected chi connectivity index (χ0v) is 20.8. The highest BCUT2D eigenvalue weighted by molar-refractivity contribution is 7.91. The molecule has 1 fully saturated rings. The van der Waals surface area contributed by atoms with Crippen molar-refractivity contribution < 1.29 is 17.9 Å². The predicted octanol–water partition coefficient (Wildman–Crippen LogP) is 3.22. The van der Waals surface area contributed by atoms with Crippen LogP contribution in [-0.2, 0) is 16.4 Å². The number of ether oxygens (including phenoxy) is 1. The Labute approximate surface area is 207 Å². The highest BCUT2D eigenvalue weighted by Gasteiger charge is 2.32. The molecule has 0 radical (unpaired) electrons. The molecule has 0 aliphatic carbocycles. The molecule has 1 aliphatic heterocycles. The van der Waals surface area contributed by atoms with Gasteiger partial charge in [0.15, 0.2) is 0 Å². The molecule has 4 aromatic rings. The number of primary amides is 1. The van der Waals surface area contributed by atoms with E-state index in [2.05, 4.69) is 10.3 Å². The van der Waals surface area contributed by atoms with Crippen LogP contribution in [0.1, 0.15) is 39.7 Å². The van der Waals surface area contributed by atoms with E-state index in [1.54, 1.807) is 30.3 Å². The molecule has 1 aliphatic rings. The molecule has 2 aromatic heterocycles. The average Bonchev–Trinajstić information content (AvgIpc) is 3.52. The largest absolute Gasteiger partial charge is 0.496 e. The van der Waals surface area contributed by atoms with Gasteiger partial charge < -0.3 is 10.5 Å². The molecule has 5 rings (SSSR count). The van der Waals surface area contributed by atoms with Gasteiger partial charge in [-0.3, -0.25) is 4.79 Å². The third-order valence-electron chi connectivity index (χ3n) is 6.35. The molecule has 2 aromatic carbocycles. The minimum atomic E-state index is -3.63. The van der Waals surface area contributed by atoms with E-state index in [1.165, 1.54) is 22.8 Å². The number of benzene rings is 2. The van der Waals surface area contributed by atoms with Gasteiger partial charge in [0, 0.05) is 35.5 Å². The molecular weight excluding hydrogens is 486 g/mol. The van der Waals surface area contributed by atoms with Gasteiger partial charge in [0.2, 0.25) is 5.91 Å². The fraction of sp³-hybridized carbons (Fsp3) is 0.292. The SMILES string of the molecule is COc1cccc(C(N)=O)c1Cc1ccc(S(=O)(=O)N2CCC(n3nnc4ccccc43)CC2)s1. The molecule has 0 bridgehead atoms. The first-order valence-corrected chi connectivity index (χ1v) is 13.5. The topological polar surface area (TPSA) is 120 Å². The first kappa shape index (κ1) is 23.5. The van der Waals surface area contributed by atoms with Crippen LogP contribution in [0.2, 0.25) is 0 Å². The quantitative estimate of drug-likeness (QED) is 0.407. The highest BCUT2D eigenvalue weighted by Crippen LogP contribution is 2.33. The van der Waals surface area contributed by atoms with Gasteiger partial charge >= 0.3 is 0 Å². The van der Waals surface area contributed by atoms with E-state index >= 15 is 0 Å². The van der Waals surface area contributed by atoms with Crippen LogP contribution in [0.3, 0.4) is 0 Å². The van der Waals surface area contributed by atoms with Crippen LogP contribution < -0.4 is 10.5 Å². The molecule has 1 saturated heterocycles. The minimum absolute atomic E-state index is 0.102. The Balaban J connectivity index is 1.32. The Morgan fingerprint density at radius 2 is 1.89 bits per heavy atom. The van der Waals surface area contributed by atoms with Gasteiger partial charge in [-0.15, -0.1) is 16.4 Å². The fourth-order valence-corrected chi connectivity index (χ4v) is 7.54. The van der Waals surface area contributed by atoms with Gasteiger partial charge in [0.1, 0.15) is 15.5 Å². The third kappa shape index (κ3) is 4.42. The number of piperidine rings is 1. The van der Waals surface area contributed by atoms with Gasteiger partial charge in [0.25, 0.3) is 10.0 Å². The maximum Gasteiger partial charge on any atom is 0.252 e. The summed E-state index contributed by atoms with van der Waals surface area (Å²) < 4.78 is 35.9. The highest BCUT2D eigenvalue weighted by atomic mass is 32.2. The second-order valence-corrected chi connectivity index (χ2v) is 11.7. The van der Waals surface area contributed by atoms with Crippen LogP contribution in [0.15, 0.2) is 58.8 Å². The summed E-state index contributed by atoms with van der Waals surface area (Å²) in [6.07, 6.45) is 1.67. The van der Waals surface area contributed by atoms with Gasteiger partial charge in [-0.25, -0.2) is 13.1 Å². The summed E-state index contributed by atoms with van der Waals surface area (Å²) in [4.78, 5) is 12.7. The number of sulfonamides is 1. The number of amides is 1. The van der Waals surface area contributed by atoms with Crippen LogP contribution >= 0.6 is 11.3 Å². The van der Waals surface area contributed by atoms with Crippen molar-refractivity contribution in [3.63, 3.8) is 0 Å². The van der Waals surface area contributed by atoms with Crippen molar-refractivity contribution in [3.05, 3.63) is 70.6 Å². The maximum atomic E-state index is 13.4. The van der Waals surface area contributed by atoms with E-state index in [9.17, 15) is 13.2 Å². The number of hydrogen-bond acceptors (Lipinski definition) is 7. The zero-order valence-electron chi connectivity index (χ0n) is 19.1. The van der Waals surface area contributed by atoms with Crippen LogP contribution in [-0.4, -0.2) is 53.8 Å². The number of nitrogens with zero attached hydrogens (tertiary/aromatic N) is 4. The van der Waals surface area contributed by atoms with Gasteiger partial charge in [-0.1, -0.05) is 23.4 Å². The average molecular weight is 512 g/mol. The Hall–Kier alpha value is -3.28. The van der Waals surface area contributed by atoms with Crippen LogP contribution in [0.4, 0.5) is 0 Å². The number of carbonyl (C=O) groups excluding carboxylic acids is 1. The van der Waals surface area contributed by atoms with Gasteiger partial charge in [-0.2, -0.15) is 4.31 Å². The van der Waals surface area contributed by atoms with Crippen LogP contribution in [0.25, 0.3) is 11.0 Å². The van der Waals surface area contributed by atoms with Crippen LogP contribution in [0.5, 0.6) is 5.75 Å². The van der Waals surface area contributed by atoms with Crippen molar-refractivity contribution in [2.75, 3.05) is 20.2 Å². The standard InChI is InChI=1S/C24H25N5O4S2/c1-33-22-8-4-5-18(24(25)30)19(22)15-17-9-10-23(34-17)35(31,32)28-13-11-16(12-14-28)29-21-7-3-2-6-20(21)26-27-29/h2-10,16H,11-15H2,1H3,(H2,25,30). The van der Waals surface area contributed by atoms with Crippen molar-refractivity contribution in [1.82, 2.24) is 19.3 Å². The molecule has 0 unspecified atom stereocenters. The lowest BCUT2D eigenvalue weighted by molar-refractivity contribution is 0.0999. The Bertz CT molecular complexity index is 1490. The lowest BCUT2D eigenvalue weighted by Gasteiger charge is -2.30. The summed E-state index contributed by atoms with van der Waals surface area (Å²) in [5.41, 5.74) is 8.35. The lowest BCUT2D eigenvalue weighted by Crippen LogP contribution is -2.38. The summed E-state index contributed by atoms with van der Waals surface area (Å²) in [7, 11) is -2.10. The third-order valence-corrected chi connectivity index (χ3v) is 9.80. The number of methoxy groups -OCH3 is 1. The summed E-state index contributed by atoms with van der Waals surface area (Å²) in [6.45, 7) is 0.819. The number of aromatic nitrogens is 3. The maximum absolute atomic E-state index is 13.4. The molecule has 11 heteroatoms. The number of thiophene rings is 1. The molecule has 35 heavy (non-hydrogen) atoms. The molecule has 2 N–H and O–H groups in total. The number of carbonyl (C=O) groups is 1. The smallest absolute Gasteiger partial charge is 0.252 e. The van der Waals surface area contributed by atoms with Crippen molar-refractivity contribution in [1.29, 1.82) is 0 Å². The van der Waals surface area contributed by atoms with E-state index in [0.717, 1.165) is 15.9 Å². The first-order valence-electron chi connectivity index (χ1n) is 11.2. The molecule has 0 saturated carbocycles. The summed E-state index contributed by atoms with van der Waals surface area (Å²) in [5.74, 6) is -0.00635. The summed E-state index contributed by atoms with van der Waals surface area (Å²) in [6, 6.07) is 16.4. The molecule has 0 atom stereocenters. The second-order valence-electron chi connectivity index (χ2n) is 8.41. The molecule has 3 heterocycles. The number of hydrogen-bond donors (Lipinski definition) is 1. The normalized spacial score (nSPS) is 15.5. The summed E-state index contributed by atoms with van der Waals surface area (Å²) >= 11 is 1.20. The fourth-order valence-electron chi connectivity index (χ4n) is 4.55. The predicted molar refractivity (Wildman–Crippen MR) is 133 cm³/mol. The summed E-state index contributed by atoms with van der Waals surface area (Å²) in [5, 5.41) is 8.52.